The van der Waals surface area contributed by atoms with Crippen molar-refractivity contribution in [3.63, 3.8) is 0 Å². The van der Waals surface area contributed by atoms with Gasteiger partial charge in [0, 0.05) is 11.8 Å². The number of ether oxygens (including phenoxy) is 1. The molecule has 0 amide bonds. The van der Waals surface area contributed by atoms with Gasteiger partial charge in [-0.3, -0.25) is 0 Å². The fourth-order valence-corrected chi connectivity index (χ4v) is 3.32. The van der Waals surface area contributed by atoms with Crippen LogP contribution in [0.25, 0.3) is 16.5 Å². The largest absolute Gasteiger partial charge is 0.439 e. The van der Waals surface area contributed by atoms with Gasteiger partial charge in [-0.15, -0.1) is 0 Å². The molecule has 0 aliphatic carbocycles. The number of rotatable bonds is 1. The number of para-hydroxylation sites is 1. The summed E-state index contributed by atoms with van der Waals surface area (Å²) in [5, 5.41) is 1.06. The third-order valence-corrected chi connectivity index (χ3v) is 4.57. The molecule has 0 saturated heterocycles. The lowest BCUT2D eigenvalue weighted by Gasteiger charge is -2.15. The topological polar surface area (TPSA) is 38.9 Å². The Balaban J connectivity index is 1.95. The molecule has 1 aromatic carbocycles. The first kappa shape index (κ1) is 16.2. The van der Waals surface area contributed by atoms with Crippen LogP contribution < -0.4 is 9.30 Å². The number of hydrogen-bond donors (Lipinski definition) is 0. The second-order valence-electron chi connectivity index (χ2n) is 6.38. The number of aryl methyl sites for hydroxylation is 1. The lowest BCUT2D eigenvalue weighted by Crippen LogP contribution is -2.34. The number of allylic oxidation sites excluding steroid dienone is 4. The van der Waals surface area contributed by atoms with Gasteiger partial charge in [-0.2, -0.15) is 0 Å². The number of benzene rings is 1. The molecule has 1 aliphatic rings. The van der Waals surface area contributed by atoms with Crippen LogP contribution in [0.3, 0.4) is 0 Å². The van der Waals surface area contributed by atoms with Crippen molar-refractivity contribution in [1.29, 1.82) is 0 Å². The summed E-state index contributed by atoms with van der Waals surface area (Å²) in [5.41, 5.74) is 5.07. The van der Waals surface area contributed by atoms with Crippen LogP contribution in [-0.2, 0) is 13.5 Å². The second-order valence-corrected chi connectivity index (χ2v) is 6.38. The van der Waals surface area contributed by atoms with Gasteiger partial charge in [-0.25, -0.2) is 9.55 Å². The molecular weight excluding hydrogens is 322 g/mol. The maximum Gasteiger partial charge on any atom is 0.287 e. The van der Waals surface area contributed by atoms with Crippen molar-refractivity contribution in [1.82, 2.24) is 9.97 Å². The zero-order chi connectivity index (χ0) is 18.1. The maximum atomic E-state index is 6.12. The van der Waals surface area contributed by atoms with Crippen molar-refractivity contribution >= 4 is 16.5 Å². The first-order chi connectivity index (χ1) is 12.6. The van der Waals surface area contributed by atoms with Crippen LogP contribution in [0.1, 0.15) is 18.2 Å². The van der Waals surface area contributed by atoms with Crippen LogP contribution in [0.5, 0.6) is 5.88 Å². The maximum absolute atomic E-state index is 6.12. The average molecular weight is 342 g/mol. The minimum Gasteiger partial charge on any atom is -0.439 e. The molecule has 0 bridgehead atoms. The normalized spacial score (nSPS) is 15.7. The molecule has 2 aromatic heterocycles. The van der Waals surface area contributed by atoms with Crippen molar-refractivity contribution in [2.75, 3.05) is 0 Å². The lowest BCUT2D eigenvalue weighted by atomic mass is 9.99. The standard InChI is InChI=1S/C22H20N3O/c1-15-8-6-9-17-10-7-13-23-22(17)26-16(2)20(15)21-18-11-4-5-12-19(18)24-14-25(21)3/h4-8,10-14H,2,9H2,1,3H3/q+1/b8-6-,20-15?. The van der Waals surface area contributed by atoms with Crippen LogP contribution in [0, 0.1) is 0 Å². The predicted octanol–water partition coefficient (Wildman–Crippen LogP) is 3.93. The third-order valence-electron chi connectivity index (χ3n) is 4.57. The van der Waals surface area contributed by atoms with Crippen molar-refractivity contribution in [2.24, 2.45) is 7.05 Å². The van der Waals surface area contributed by atoms with E-state index in [2.05, 4.69) is 41.7 Å². The van der Waals surface area contributed by atoms with E-state index < -0.39 is 0 Å². The van der Waals surface area contributed by atoms with Gasteiger partial charge in [0.2, 0.25) is 5.88 Å². The summed E-state index contributed by atoms with van der Waals surface area (Å²) in [5.74, 6) is 1.19. The summed E-state index contributed by atoms with van der Waals surface area (Å²) in [6.07, 6.45) is 8.60. The summed E-state index contributed by atoms with van der Waals surface area (Å²) in [6, 6.07) is 12.1. The molecule has 4 rings (SSSR count). The molecule has 0 unspecified atom stereocenters. The van der Waals surface area contributed by atoms with E-state index in [4.69, 9.17) is 4.74 Å². The van der Waals surface area contributed by atoms with E-state index in [1.165, 1.54) is 0 Å². The molecule has 3 heterocycles. The Morgan fingerprint density at radius 3 is 2.85 bits per heavy atom. The van der Waals surface area contributed by atoms with E-state index in [0.717, 1.165) is 39.7 Å². The van der Waals surface area contributed by atoms with Crippen LogP contribution in [0.4, 0.5) is 0 Å². The fourth-order valence-electron chi connectivity index (χ4n) is 3.32. The predicted molar refractivity (Wildman–Crippen MR) is 102 cm³/mol. The number of pyridine rings is 1. The minimum atomic E-state index is 0.584. The quantitative estimate of drug-likeness (QED) is 0.629. The Labute approximate surface area is 152 Å². The Bertz CT molecular complexity index is 1080. The first-order valence-electron chi connectivity index (χ1n) is 8.57. The van der Waals surface area contributed by atoms with Gasteiger partial charge >= 0.3 is 0 Å². The number of fused-ring (bicyclic) bond motifs is 2. The zero-order valence-corrected chi connectivity index (χ0v) is 14.9. The average Bonchev–Trinajstić information content (AvgIpc) is 2.70. The molecule has 26 heavy (non-hydrogen) atoms. The Morgan fingerprint density at radius 1 is 1.12 bits per heavy atom. The summed E-state index contributed by atoms with van der Waals surface area (Å²) in [6.45, 7) is 6.31. The van der Waals surface area contributed by atoms with E-state index in [0.29, 0.717) is 11.6 Å². The highest BCUT2D eigenvalue weighted by Crippen LogP contribution is 2.32. The Kier molecular flexibility index (Phi) is 4.09. The van der Waals surface area contributed by atoms with Gasteiger partial charge in [-0.1, -0.05) is 36.9 Å². The number of nitrogens with zero attached hydrogens (tertiary/aromatic N) is 3. The molecule has 0 saturated carbocycles. The highest BCUT2D eigenvalue weighted by atomic mass is 16.5. The second kappa shape index (κ2) is 6.56. The monoisotopic (exact) mass is 342 g/mol. The third kappa shape index (κ3) is 2.80. The highest BCUT2D eigenvalue weighted by molar-refractivity contribution is 5.93. The van der Waals surface area contributed by atoms with E-state index in [1.54, 1.807) is 6.20 Å². The summed E-state index contributed by atoms with van der Waals surface area (Å²) < 4.78 is 8.14. The molecule has 0 atom stereocenters. The molecule has 0 N–H and O–H groups in total. The van der Waals surface area contributed by atoms with Gasteiger partial charge < -0.3 is 4.74 Å². The summed E-state index contributed by atoms with van der Waals surface area (Å²) in [4.78, 5) is 8.91. The van der Waals surface area contributed by atoms with E-state index >= 15 is 0 Å². The molecule has 128 valence electrons. The van der Waals surface area contributed by atoms with E-state index in [1.807, 2.05) is 48.3 Å². The van der Waals surface area contributed by atoms with Gasteiger partial charge in [0.25, 0.3) is 6.33 Å². The Morgan fingerprint density at radius 2 is 1.96 bits per heavy atom. The summed E-state index contributed by atoms with van der Waals surface area (Å²) >= 11 is 0. The lowest BCUT2D eigenvalue weighted by molar-refractivity contribution is -0.675. The van der Waals surface area contributed by atoms with E-state index in [-0.39, 0.29) is 0 Å². The van der Waals surface area contributed by atoms with Gasteiger partial charge in [-0.05, 0) is 42.1 Å². The fraction of sp³-hybridized carbons (Fsp3) is 0.136. The molecule has 4 heteroatoms. The van der Waals surface area contributed by atoms with Crippen LogP contribution in [-0.4, -0.2) is 9.97 Å². The van der Waals surface area contributed by atoms with Crippen LogP contribution in [0.15, 0.2) is 79.0 Å². The zero-order valence-electron chi connectivity index (χ0n) is 14.9. The number of aromatic nitrogens is 3. The van der Waals surface area contributed by atoms with Crippen molar-refractivity contribution in [2.45, 2.75) is 13.3 Å². The first-order valence-corrected chi connectivity index (χ1v) is 8.57. The molecule has 3 aromatic rings. The van der Waals surface area contributed by atoms with Crippen molar-refractivity contribution in [3.8, 4) is 5.88 Å². The number of hydrogen-bond acceptors (Lipinski definition) is 3. The van der Waals surface area contributed by atoms with Crippen LogP contribution >= 0.6 is 0 Å². The van der Waals surface area contributed by atoms with E-state index in [9.17, 15) is 0 Å². The minimum absolute atomic E-state index is 0.584. The van der Waals surface area contributed by atoms with Crippen molar-refractivity contribution < 1.29 is 9.30 Å². The smallest absolute Gasteiger partial charge is 0.287 e. The summed E-state index contributed by atoms with van der Waals surface area (Å²) in [7, 11) is 1.99. The van der Waals surface area contributed by atoms with Crippen LogP contribution in [0.2, 0.25) is 0 Å². The van der Waals surface area contributed by atoms with Gasteiger partial charge in [0.1, 0.15) is 11.5 Å². The molecule has 1 aliphatic heterocycles. The van der Waals surface area contributed by atoms with Crippen molar-refractivity contribution in [3.05, 3.63) is 90.2 Å². The van der Waals surface area contributed by atoms with Gasteiger partial charge in [0.05, 0.1) is 18.0 Å². The molecule has 0 fully saturated rings. The SMILES string of the molecule is C=C1Oc2ncccc2C/C=C\C(C)=C1c1c2ccccc2nc[n+]1C. The molecule has 4 nitrogen and oxygen atoms in total. The van der Waals surface area contributed by atoms with Gasteiger partial charge in [0.15, 0.2) is 5.52 Å². The highest BCUT2D eigenvalue weighted by Gasteiger charge is 2.23. The molecular formula is C22H20N3O+. The Hall–Kier alpha value is -3.27. The molecule has 0 spiro atoms. The molecule has 0 radical (unpaired) electrons.